The second-order valence-corrected chi connectivity index (χ2v) is 8.00. The van der Waals surface area contributed by atoms with Crippen molar-refractivity contribution in [1.29, 1.82) is 0 Å². The molecule has 2 saturated carbocycles. The Morgan fingerprint density at radius 3 is 2.62 bits per heavy atom. The van der Waals surface area contributed by atoms with Crippen molar-refractivity contribution in [3.05, 3.63) is 65.1 Å². The van der Waals surface area contributed by atoms with Crippen LogP contribution >= 0.6 is 0 Å². The van der Waals surface area contributed by atoms with Gasteiger partial charge in [-0.05, 0) is 56.7 Å². The lowest BCUT2D eigenvalue weighted by molar-refractivity contribution is 0.304. The maximum atomic E-state index is 12.4. The van der Waals surface area contributed by atoms with Crippen molar-refractivity contribution in [3.8, 4) is 11.3 Å². The van der Waals surface area contributed by atoms with E-state index in [4.69, 9.17) is 0 Å². The van der Waals surface area contributed by atoms with Crippen molar-refractivity contribution < 1.29 is 0 Å². The van der Waals surface area contributed by atoms with Crippen LogP contribution in [0.2, 0.25) is 0 Å². The Balaban J connectivity index is 1.26. The Kier molecular flexibility index (Phi) is 4.79. The zero-order valence-electron chi connectivity index (χ0n) is 16.2. The van der Waals surface area contributed by atoms with E-state index in [1.807, 2.05) is 12.1 Å². The topological polar surface area (TPSA) is 85.6 Å². The van der Waals surface area contributed by atoms with E-state index in [0.29, 0.717) is 12.0 Å². The van der Waals surface area contributed by atoms with Crippen LogP contribution in [-0.2, 0) is 0 Å². The lowest BCUT2D eigenvalue weighted by atomic mass is 9.91. The van der Waals surface area contributed by atoms with Crippen LogP contribution in [0.4, 0.5) is 5.82 Å². The highest BCUT2D eigenvalue weighted by Gasteiger charge is 2.27. The summed E-state index contributed by atoms with van der Waals surface area (Å²) in [5.41, 5.74) is 2.82. The smallest absolute Gasteiger partial charge is 0.267 e. The molecule has 3 heterocycles. The Labute approximate surface area is 169 Å². The van der Waals surface area contributed by atoms with Crippen LogP contribution < -0.4 is 10.9 Å². The number of hydrogen-bond donors (Lipinski definition) is 1. The van der Waals surface area contributed by atoms with Gasteiger partial charge in [-0.2, -0.15) is 5.10 Å². The summed E-state index contributed by atoms with van der Waals surface area (Å²) in [5.74, 6) is 1.54. The minimum atomic E-state index is -0.0427. The molecule has 1 N–H and O–H groups in total. The van der Waals surface area contributed by atoms with Gasteiger partial charge in [0.1, 0.15) is 12.1 Å². The summed E-state index contributed by atoms with van der Waals surface area (Å²) in [6.07, 6.45) is 11.5. The number of pyridine rings is 1. The normalized spacial score (nSPS) is 21.7. The lowest BCUT2D eigenvalue weighted by Crippen LogP contribution is -2.33. The predicted octanol–water partition coefficient (Wildman–Crippen LogP) is 3.57. The number of aromatic nitrogens is 5. The third-order valence-electron chi connectivity index (χ3n) is 5.86. The molecule has 5 rings (SSSR count). The predicted molar refractivity (Wildman–Crippen MR) is 111 cm³/mol. The molecule has 3 aromatic heterocycles. The van der Waals surface area contributed by atoms with Gasteiger partial charge in [-0.25, -0.2) is 14.6 Å². The molecule has 2 aliphatic rings. The molecule has 7 heteroatoms. The molecule has 2 aliphatic carbocycles. The second kappa shape index (κ2) is 7.73. The largest absolute Gasteiger partial charge is 0.367 e. The van der Waals surface area contributed by atoms with Gasteiger partial charge in [0, 0.05) is 47.7 Å². The van der Waals surface area contributed by atoms with E-state index in [9.17, 15) is 4.79 Å². The van der Waals surface area contributed by atoms with Crippen LogP contribution in [0.3, 0.4) is 0 Å². The van der Waals surface area contributed by atoms with Gasteiger partial charge in [0.05, 0.1) is 11.7 Å². The number of hydrogen-bond acceptors (Lipinski definition) is 6. The fourth-order valence-electron chi connectivity index (χ4n) is 4.08. The maximum absolute atomic E-state index is 12.4. The SMILES string of the molecule is O=c1ccc(-c2cccnc2)nn1C1CCC(Nc2cc(C3CC3)ncn2)CC1. The van der Waals surface area contributed by atoms with Crippen LogP contribution in [-0.4, -0.2) is 30.8 Å². The minimum Gasteiger partial charge on any atom is -0.367 e. The summed E-state index contributed by atoms with van der Waals surface area (Å²) >= 11 is 0. The fourth-order valence-corrected chi connectivity index (χ4v) is 4.08. The first-order valence-electron chi connectivity index (χ1n) is 10.3. The summed E-state index contributed by atoms with van der Waals surface area (Å²) in [5, 5.41) is 8.20. The zero-order chi connectivity index (χ0) is 19.6. The first-order chi connectivity index (χ1) is 14.3. The Bertz CT molecular complexity index is 1040. The van der Waals surface area contributed by atoms with Crippen LogP contribution in [0.25, 0.3) is 11.3 Å². The van der Waals surface area contributed by atoms with Gasteiger partial charge in [0.25, 0.3) is 5.56 Å². The molecule has 7 nitrogen and oxygen atoms in total. The molecule has 0 atom stereocenters. The number of nitrogens with one attached hydrogen (secondary N) is 1. The molecule has 3 aromatic rings. The standard InChI is InChI=1S/C22H24N6O/c29-22-10-9-19(16-2-1-11-23-13-16)27-28(22)18-7-5-17(6-8-18)26-21-12-20(15-3-4-15)24-14-25-21/h1-2,9-15,17-18H,3-8H2,(H,24,25,26). The van der Waals surface area contributed by atoms with E-state index in [1.165, 1.54) is 12.8 Å². The van der Waals surface area contributed by atoms with Crippen molar-refractivity contribution in [3.63, 3.8) is 0 Å². The van der Waals surface area contributed by atoms with Gasteiger partial charge in [-0.15, -0.1) is 0 Å². The van der Waals surface area contributed by atoms with Crippen LogP contribution in [0, 0.1) is 0 Å². The Morgan fingerprint density at radius 2 is 1.86 bits per heavy atom. The van der Waals surface area contributed by atoms with E-state index >= 15 is 0 Å². The molecule has 0 aliphatic heterocycles. The molecule has 0 saturated heterocycles. The van der Waals surface area contributed by atoms with Crippen molar-refractivity contribution >= 4 is 5.82 Å². The van der Waals surface area contributed by atoms with E-state index in [-0.39, 0.29) is 11.6 Å². The maximum Gasteiger partial charge on any atom is 0.267 e. The van der Waals surface area contributed by atoms with Crippen molar-refractivity contribution in [2.45, 2.75) is 56.5 Å². The number of rotatable bonds is 5. The quantitative estimate of drug-likeness (QED) is 0.719. The molecule has 0 amide bonds. The van der Waals surface area contributed by atoms with Crippen molar-refractivity contribution in [2.24, 2.45) is 0 Å². The molecule has 0 bridgehead atoms. The van der Waals surface area contributed by atoms with Gasteiger partial charge in [-0.3, -0.25) is 9.78 Å². The van der Waals surface area contributed by atoms with Crippen LogP contribution in [0.15, 0.2) is 53.8 Å². The Morgan fingerprint density at radius 1 is 1.00 bits per heavy atom. The number of nitrogens with zero attached hydrogens (tertiary/aromatic N) is 5. The molecule has 148 valence electrons. The first kappa shape index (κ1) is 18.0. The molecular formula is C22H24N6O. The molecular weight excluding hydrogens is 364 g/mol. The van der Waals surface area contributed by atoms with Gasteiger partial charge in [0.15, 0.2) is 0 Å². The molecule has 2 fully saturated rings. The summed E-state index contributed by atoms with van der Waals surface area (Å²) in [4.78, 5) is 25.4. The minimum absolute atomic E-state index is 0.0427. The van der Waals surface area contributed by atoms with Gasteiger partial charge in [0.2, 0.25) is 0 Å². The lowest BCUT2D eigenvalue weighted by Gasteiger charge is -2.30. The fraction of sp³-hybridized carbons (Fsp3) is 0.409. The van der Waals surface area contributed by atoms with E-state index < -0.39 is 0 Å². The average Bonchev–Trinajstić information content (AvgIpc) is 3.61. The third-order valence-corrected chi connectivity index (χ3v) is 5.86. The molecule has 0 radical (unpaired) electrons. The molecule has 0 aromatic carbocycles. The van der Waals surface area contributed by atoms with E-state index in [0.717, 1.165) is 48.5 Å². The Hall–Kier alpha value is -3.09. The van der Waals surface area contributed by atoms with Gasteiger partial charge < -0.3 is 5.32 Å². The molecule has 0 unspecified atom stereocenters. The molecule has 0 spiro atoms. The zero-order valence-corrected chi connectivity index (χ0v) is 16.2. The van der Waals surface area contributed by atoms with Crippen LogP contribution in [0.5, 0.6) is 0 Å². The van der Waals surface area contributed by atoms with E-state index in [1.54, 1.807) is 35.5 Å². The second-order valence-electron chi connectivity index (χ2n) is 8.00. The monoisotopic (exact) mass is 388 g/mol. The van der Waals surface area contributed by atoms with Gasteiger partial charge in [-0.1, -0.05) is 0 Å². The highest BCUT2D eigenvalue weighted by Crippen LogP contribution is 2.39. The highest BCUT2D eigenvalue weighted by atomic mass is 16.1. The molecule has 29 heavy (non-hydrogen) atoms. The third kappa shape index (κ3) is 4.04. The average molecular weight is 388 g/mol. The summed E-state index contributed by atoms with van der Waals surface area (Å²) in [7, 11) is 0. The van der Waals surface area contributed by atoms with E-state index in [2.05, 4.69) is 31.4 Å². The highest BCUT2D eigenvalue weighted by molar-refractivity contribution is 5.56. The number of anilines is 1. The van der Waals surface area contributed by atoms with Crippen molar-refractivity contribution in [2.75, 3.05) is 5.32 Å². The van der Waals surface area contributed by atoms with Gasteiger partial charge >= 0.3 is 0 Å². The van der Waals surface area contributed by atoms with Crippen LogP contribution in [0.1, 0.15) is 56.2 Å². The first-order valence-corrected chi connectivity index (χ1v) is 10.3. The summed E-state index contributed by atoms with van der Waals surface area (Å²) in [6, 6.07) is 9.81. The summed E-state index contributed by atoms with van der Waals surface area (Å²) < 4.78 is 1.66. The van der Waals surface area contributed by atoms with Crippen molar-refractivity contribution in [1.82, 2.24) is 24.7 Å². The summed E-state index contributed by atoms with van der Waals surface area (Å²) in [6.45, 7) is 0.